The second kappa shape index (κ2) is 6.40. The molecule has 1 heterocycles. The van der Waals surface area contributed by atoms with Gasteiger partial charge < -0.3 is 4.74 Å². The number of hydrogen-bond acceptors (Lipinski definition) is 5. The van der Waals surface area contributed by atoms with Crippen LogP contribution in [0.5, 0.6) is 0 Å². The van der Waals surface area contributed by atoms with Crippen molar-refractivity contribution in [3.05, 3.63) is 29.6 Å². The first kappa shape index (κ1) is 16.7. The van der Waals surface area contributed by atoms with Crippen LogP contribution < -0.4 is 10.2 Å². The molecule has 0 spiro atoms. The summed E-state index contributed by atoms with van der Waals surface area (Å²) < 4.78 is 19.6. The number of amidine groups is 1. The number of carbonyl (C=O) groups is 1. The first-order valence-corrected chi connectivity index (χ1v) is 7.85. The van der Waals surface area contributed by atoms with Gasteiger partial charge in [-0.05, 0) is 31.9 Å². The van der Waals surface area contributed by atoms with Crippen molar-refractivity contribution in [3.8, 4) is 12.3 Å². The quantitative estimate of drug-likeness (QED) is 0.391. The highest BCUT2D eigenvalue weighted by molar-refractivity contribution is 5.90. The Morgan fingerprint density at radius 3 is 2.88 bits per heavy atom. The number of rotatable bonds is 4. The summed E-state index contributed by atoms with van der Waals surface area (Å²) in [5.41, 5.74) is 0.0559. The Bertz CT molecular complexity index is 819. The molecule has 1 aliphatic heterocycles. The maximum atomic E-state index is 14.4. The Kier molecular flexibility index (Phi) is 4.28. The van der Waals surface area contributed by atoms with Crippen LogP contribution in [0.3, 0.4) is 0 Å². The number of halogens is 1. The van der Waals surface area contributed by atoms with Gasteiger partial charge in [0.2, 0.25) is 0 Å². The Hall–Kier alpha value is -3.13. The lowest BCUT2D eigenvalue weighted by Gasteiger charge is -2.15. The van der Waals surface area contributed by atoms with Crippen molar-refractivity contribution in [1.29, 1.82) is 10.5 Å². The summed E-state index contributed by atoms with van der Waals surface area (Å²) in [5, 5.41) is 20.1. The van der Waals surface area contributed by atoms with E-state index in [1.807, 2.05) is 0 Å². The van der Waals surface area contributed by atoms with E-state index >= 15 is 0 Å². The zero-order chi connectivity index (χ0) is 18.0. The van der Waals surface area contributed by atoms with E-state index in [2.05, 4.69) is 16.4 Å². The van der Waals surface area contributed by atoms with Crippen molar-refractivity contribution in [2.45, 2.75) is 31.3 Å². The largest absolute Gasteiger partial charge is 0.442 e. The lowest BCUT2D eigenvalue weighted by Crippen LogP contribution is -2.26. The van der Waals surface area contributed by atoms with Crippen LogP contribution in [0.25, 0.3) is 0 Å². The Balaban J connectivity index is 1.72. The molecule has 0 unspecified atom stereocenters. The van der Waals surface area contributed by atoms with E-state index in [0.717, 1.165) is 0 Å². The first-order valence-electron chi connectivity index (χ1n) is 7.85. The SMILES string of the molecule is CC(=NC[C@H]1CN(c2ccc(C3(C#N)CC3)c(F)c2)C(=O)O1)NC#N. The lowest BCUT2D eigenvalue weighted by molar-refractivity contribution is 0.145. The van der Waals surface area contributed by atoms with Crippen LogP contribution in [-0.2, 0) is 10.2 Å². The molecule has 1 saturated heterocycles. The van der Waals surface area contributed by atoms with E-state index in [4.69, 9.17) is 10.00 Å². The van der Waals surface area contributed by atoms with E-state index in [-0.39, 0.29) is 13.1 Å². The summed E-state index contributed by atoms with van der Waals surface area (Å²) in [7, 11) is 0. The average Bonchev–Trinajstić information content (AvgIpc) is 3.29. The fraction of sp³-hybridized carbons (Fsp3) is 0.412. The minimum absolute atomic E-state index is 0.209. The van der Waals surface area contributed by atoms with Crippen LogP contribution >= 0.6 is 0 Å². The number of nitrogens with one attached hydrogen (secondary N) is 1. The molecule has 0 radical (unpaired) electrons. The summed E-state index contributed by atoms with van der Waals surface area (Å²) in [6.07, 6.45) is 2.02. The molecular formula is C17H16FN5O2. The number of cyclic esters (lactones) is 1. The van der Waals surface area contributed by atoms with Crippen molar-refractivity contribution < 1.29 is 13.9 Å². The minimum Gasteiger partial charge on any atom is -0.442 e. The highest BCUT2D eigenvalue weighted by Gasteiger charge is 2.47. The zero-order valence-corrected chi connectivity index (χ0v) is 13.6. The van der Waals surface area contributed by atoms with Gasteiger partial charge in [0.05, 0.1) is 30.3 Å². The average molecular weight is 341 g/mol. The van der Waals surface area contributed by atoms with Gasteiger partial charge in [0.1, 0.15) is 17.8 Å². The predicted octanol–water partition coefficient (Wildman–Crippen LogP) is 2.20. The van der Waals surface area contributed by atoms with E-state index in [0.29, 0.717) is 29.9 Å². The third-order valence-corrected chi connectivity index (χ3v) is 4.39. The second-order valence-corrected chi connectivity index (χ2v) is 6.14. The fourth-order valence-electron chi connectivity index (χ4n) is 2.81. The summed E-state index contributed by atoms with van der Waals surface area (Å²) >= 11 is 0. The number of nitrogens with zero attached hydrogens (tertiary/aromatic N) is 4. The van der Waals surface area contributed by atoms with Crippen LogP contribution in [-0.4, -0.2) is 31.1 Å². The molecule has 0 bridgehead atoms. The van der Waals surface area contributed by atoms with Gasteiger partial charge >= 0.3 is 6.09 Å². The van der Waals surface area contributed by atoms with E-state index in [1.54, 1.807) is 25.2 Å². The molecule has 7 nitrogen and oxygen atoms in total. The van der Waals surface area contributed by atoms with Crippen molar-refractivity contribution >= 4 is 17.6 Å². The highest BCUT2D eigenvalue weighted by atomic mass is 19.1. The molecule has 2 aliphatic rings. The molecule has 8 heteroatoms. The second-order valence-electron chi connectivity index (χ2n) is 6.14. The monoisotopic (exact) mass is 341 g/mol. The molecule has 1 atom stereocenters. The van der Waals surface area contributed by atoms with Gasteiger partial charge in [0, 0.05) is 5.56 Å². The van der Waals surface area contributed by atoms with Gasteiger partial charge in [-0.25, -0.2) is 9.18 Å². The number of amides is 1. The number of ether oxygens (including phenoxy) is 1. The molecular weight excluding hydrogens is 325 g/mol. The molecule has 1 amide bonds. The van der Waals surface area contributed by atoms with Gasteiger partial charge in [-0.2, -0.15) is 10.5 Å². The van der Waals surface area contributed by atoms with Crippen molar-refractivity contribution in [3.63, 3.8) is 0 Å². The van der Waals surface area contributed by atoms with Crippen LogP contribution in [0.15, 0.2) is 23.2 Å². The highest BCUT2D eigenvalue weighted by Crippen LogP contribution is 2.48. The van der Waals surface area contributed by atoms with Crippen LogP contribution in [0.2, 0.25) is 0 Å². The molecule has 1 aliphatic carbocycles. The number of hydrogen-bond donors (Lipinski definition) is 1. The number of benzene rings is 1. The van der Waals surface area contributed by atoms with Gasteiger partial charge in [-0.15, -0.1) is 0 Å². The standard InChI is InChI=1S/C17H16FN5O2/c1-11(22-10-20)21-7-13-8-23(16(24)25-13)12-2-3-14(15(18)6-12)17(9-19)4-5-17/h2-3,6,13H,4-5,7-8H2,1H3,(H,21,22)/t13-/m0/s1. The predicted molar refractivity (Wildman–Crippen MR) is 87.3 cm³/mol. The number of anilines is 1. The summed E-state index contributed by atoms with van der Waals surface area (Å²) in [5.74, 6) is -0.0569. The zero-order valence-electron chi connectivity index (χ0n) is 13.6. The van der Waals surface area contributed by atoms with Gasteiger partial charge in [0.25, 0.3) is 0 Å². The molecule has 1 aromatic rings. The van der Waals surface area contributed by atoms with Crippen molar-refractivity contribution in [2.24, 2.45) is 4.99 Å². The van der Waals surface area contributed by atoms with Crippen LogP contribution in [0.4, 0.5) is 14.9 Å². The Morgan fingerprint density at radius 2 is 2.28 bits per heavy atom. The number of aliphatic imine (C=N–C) groups is 1. The molecule has 3 rings (SSSR count). The van der Waals surface area contributed by atoms with Crippen LogP contribution in [0.1, 0.15) is 25.3 Å². The third-order valence-electron chi connectivity index (χ3n) is 4.39. The van der Waals surface area contributed by atoms with Gasteiger partial charge in [-0.3, -0.25) is 15.2 Å². The van der Waals surface area contributed by atoms with E-state index in [9.17, 15) is 14.4 Å². The Labute approximate surface area is 144 Å². The summed E-state index contributed by atoms with van der Waals surface area (Å²) in [6.45, 7) is 2.08. The third kappa shape index (κ3) is 3.24. The molecule has 2 fully saturated rings. The molecule has 1 aromatic carbocycles. The molecule has 0 aromatic heterocycles. The van der Waals surface area contributed by atoms with Crippen molar-refractivity contribution in [2.75, 3.05) is 18.0 Å². The summed E-state index contributed by atoms with van der Waals surface area (Å²) in [4.78, 5) is 17.5. The first-order chi connectivity index (χ1) is 12.0. The minimum atomic E-state index is -0.712. The summed E-state index contributed by atoms with van der Waals surface area (Å²) in [6, 6.07) is 6.63. The van der Waals surface area contributed by atoms with Crippen molar-refractivity contribution in [1.82, 2.24) is 5.32 Å². The molecule has 25 heavy (non-hydrogen) atoms. The maximum Gasteiger partial charge on any atom is 0.414 e. The topological polar surface area (TPSA) is 102 Å². The smallest absolute Gasteiger partial charge is 0.414 e. The van der Waals surface area contributed by atoms with Crippen LogP contribution in [0, 0.1) is 28.6 Å². The normalized spacial score (nSPS) is 21.3. The van der Waals surface area contributed by atoms with Gasteiger partial charge in [-0.1, -0.05) is 6.07 Å². The molecule has 1 N–H and O–H groups in total. The lowest BCUT2D eigenvalue weighted by atomic mass is 9.97. The number of nitriles is 2. The number of carbonyl (C=O) groups excluding carboxylic acids is 1. The fourth-order valence-corrected chi connectivity index (χ4v) is 2.81. The van der Waals surface area contributed by atoms with Gasteiger partial charge in [0.15, 0.2) is 6.19 Å². The molecule has 128 valence electrons. The molecule has 1 saturated carbocycles. The maximum absolute atomic E-state index is 14.4. The van der Waals surface area contributed by atoms with E-state index < -0.39 is 23.4 Å². The van der Waals surface area contributed by atoms with E-state index in [1.165, 1.54) is 11.0 Å². The Morgan fingerprint density at radius 1 is 1.52 bits per heavy atom.